The first-order valence-electron chi connectivity index (χ1n) is 7.11. The Bertz CT molecular complexity index is 1060. The highest BCUT2D eigenvalue weighted by Gasteiger charge is 2.17. The van der Waals surface area contributed by atoms with E-state index < -0.39 is 17.1 Å². The van der Waals surface area contributed by atoms with Crippen LogP contribution in [0.4, 0.5) is 4.39 Å². The van der Waals surface area contributed by atoms with Crippen LogP contribution in [0.5, 0.6) is 11.6 Å². The van der Waals surface area contributed by atoms with E-state index in [9.17, 15) is 14.0 Å². The van der Waals surface area contributed by atoms with Gasteiger partial charge in [-0.15, -0.1) is 0 Å². The molecule has 0 N–H and O–H groups in total. The van der Waals surface area contributed by atoms with E-state index in [0.29, 0.717) is 10.3 Å². The minimum atomic E-state index is -0.830. The van der Waals surface area contributed by atoms with Gasteiger partial charge >= 0.3 is 5.69 Å². The summed E-state index contributed by atoms with van der Waals surface area (Å²) in [7, 11) is 1.49. The normalized spacial score (nSPS) is 10.7. The van der Waals surface area contributed by atoms with Crippen LogP contribution in [0.25, 0.3) is 5.69 Å². The van der Waals surface area contributed by atoms with Crippen LogP contribution in [0.3, 0.4) is 0 Å². The van der Waals surface area contributed by atoms with Gasteiger partial charge < -0.3 is 9.30 Å². The summed E-state index contributed by atoms with van der Waals surface area (Å²) in [5.41, 5.74) is -1.15. The molecule has 128 valence electrons. The Morgan fingerprint density at radius 3 is 2.68 bits per heavy atom. The van der Waals surface area contributed by atoms with Crippen LogP contribution < -0.4 is 16.0 Å². The smallest absolute Gasteiger partial charge is 0.335 e. The van der Waals surface area contributed by atoms with Crippen LogP contribution in [0.1, 0.15) is 5.69 Å². The molecule has 3 rings (SSSR count). The third-order valence-corrected chi connectivity index (χ3v) is 3.87. The molecule has 2 heterocycles. The van der Waals surface area contributed by atoms with E-state index in [4.69, 9.17) is 16.3 Å². The van der Waals surface area contributed by atoms with Crippen molar-refractivity contribution in [2.24, 2.45) is 7.05 Å². The predicted molar refractivity (Wildman–Crippen MR) is 89.1 cm³/mol. The van der Waals surface area contributed by atoms with Crippen LogP contribution in [0.15, 0.2) is 46.4 Å². The van der Waals surface area contributed by atoms with E-state index in [0.717, 1.165) is 6.07 Å². The SMILES string of the molecule is Cc1cc(=O)n(-c2cc(Oc3ccncn3)c(Cl)cc2F)c(=O)n1C. The molecule has 2 aromatic heterocycles. The molecule has 0 bridgehead atoms. The first-order valence-corrected chi connectivity index (χ1v) is 7.49. The zero-order valence-corrected chi connectivity index (χ0v) is 14.0. The Morgan fingerprint density at radius 1 is 1.24 bits per heavy atom. The van der Waals surface area contributed by atoms with Gasteiger partial charge in [0.2, 0.25) is 5.88 Å². The van der Waals surface area contributed by atoms with Crippen molar-refractivity contribution in [2.45, 2.75) is 6.92 Å². The molecule has 0 amide bonds. The number of benzene rings is 1. The summed E-state index contributed by atoms with van der Waals surface area (Å²) in [5.74, 6) is -0.604. The van der Waals surface area contributed by atoms with Crippen LogP contribution in [-0.2, 0) is 7.05 Å². The first-order chi connectivity index (χ1) is 11.9. The van der Waals surface area contributed by atoms with E-state index in [2.05, 4.69) is 9.97 Å². The highest BCUT2D eigenvalue weighted by atomic mass is 35.5. The molecule has 0 fully saturated rings. The fourth-order valence-corrected chi connectivity index (χ4v) is 2.37. The Morgan fingerprint density at radius 2 is 2.00 bits per heavy atom. The van der Waals surface area contributed by atoms with Gasteiger partial charge in [-0.05, 0) is 13.0 Å². The molecule has 7 nitrogen and oxygen atoms in total. The minimum absolute atomic E-state index is 0.0307. The van der Waals surface area contributed by atoms with Gasteiger partial charge in [0, 0.05) is 37.1 Å². The number of nitrogens with zero attached hydrogens (tertiary/aromatic N) is 4. The average Bonchev–Trinajstić information content (AvgIpc) is 2.57. The van der Waals surface area contributed by atoms with Crippen molar-refractivity contribution < 1.29 is 9.13 Å². The van der Waals surface area contributed by atoms with Gasteiger partial charge in [-0.25, -0.2) is 23.7 Å². The number of halogens is 2. The molecule has 0 aliphatic carbocycles. The summed E-state index contributed by atoms with van der Waals surface area (Å²) >= 11 is 6.00. The summed E-state index contributed by atoms with van der Waals surface area (Å²) in [6.07, 6.45) is 2.73. The summed E-state index contributed by atoms with van der Waals surface area (Å²) in [4.78, 5) is 32.2. The van der Waals surface area contributed by atoms with E-state index in [-0.39, 0.29) is 22.3 Å². The van der Waals surface area contributed by atoms with Crippen molar-refractivity contribution >= 4 is 11.6 Å². The van der Waals surface area contributed by atoms with Crippen LogP contribution >= 0.6 is 11.6 Å². The van der Waals surface area contributed by atoms with Crippen molar-refractivity contribution in [3.05, 3.63) is 74.2 Å². The molecule has 3 aromatic rings. The summed E-state index contributed by atoms with van der Waals surface area (Å²) < 4.78 is 21.8. The number of hydrogen-bond donors (Lipinski definition) is 0. The second-order valence-corrected chi connectivity index (χ2v) is 5.59. The molecule has 0 aliphatic rings. The third kappa shape index (κ3) is 3.16. The lowest BCUT2D eigenvalue weighted by Gasteiger charge is -2.13. The number of rotatable bonds is 3. The zero-order chi connectivity index (χ0) is 18.1. The largest absolute Gasteiger partial charge is 0.437 e. The van der Waals surface area contributed by atoms with E-state index in [1.165, 1.54) is 42.3 Å². The van der Waals surface area contributed by atoms with Gasteiger partial charge in [0.1, 0.15) is 17.9 Å². The summed E-state index contributed by atoms with van der Waals surface area (Å²) in [6.45, 7) is 1.61. The van der Waals surface area contributed by atoms with Crippen molar-refractivity contribution in [3.63, 3.8) is 0 Å². The maximum atomic E-state index is 14.4. The maximum Gasteiger partial charge on any atom is 0.335 e. The van der Waals surface area contributed by atoms with Gasteiger partial charge in [-0.1, -0.05) is 11.6 Å². The highest BCUT2D eigenvalue weighted by Crippen LogP contribution is 2.31. The second kappa shape index (κ2) is 6.48. The quantitative estimate of drug-likeness (QED) is 0.713. The summed E-state index contributed by atoms with van der Waals surface area (Å²) in [5, 5.41) is -0.0307. The van der Waals surface area contributed by atoms with Gasteiger partial charge in [-0.2, -0.15) is 0 Å². The lowest BCUT2D eigenvalue weighted by atomic mass is 10.2. The molecular formula is C16H12ClFN4O3. The van der Waals surface area contributed by atoms with Gasteiger partial charge in [0.25, 0.3) is 5.56 Å². The standard InChI is InChI=1S/C16H12ClFN4O3/c1-9-5-15(23)22(16(24)21(9)2)12-7-13(10(17)6-11(12)18)25-14-3-4-19-8-20-14/h3-8H,1-2H3. The Labute approximate surface area is 145 Å². The first kappa shape index (κ1) is 16.8. The van der Waals surface area contributed by atoms with Gasteiger partial charge in [0.15, 0.2) is 0 Å². The predicted octanol–water partition coefficient (Wildman–Crippen LogP) is 2.22. The lowest BCUT2D eigenvalue weighted by molar-refractivity contribution is 0.459. The van der Waals surface area contributed by atoms with Gasteiger partial charge in [0.05, 0.1) is 10.7 Å². The van der Waals surface area contributed by atoms with Crippen molar-refractivity contribution in [3.8, 4) is 17.3 Å². The topological polar surface area (TPSA) is 79.0 Å². The molecule has 25 heavy (non-hydrogen) atoms. The average molecular weight is 363 g/mol. The molecule has 0 aliphatic heterocycles. The van der Waals surface area contributed by atoms with Gasteiger partial charge in [-0.3, -0.25) is 4.79 Å². The fraction of sp³-hybridized carbons (Fsp3) is 0.125. The molecule has 1 aromatic carbocycles. The number of hydrogen-bond acceptors (Lipinski definition) is 5. The maximum absolute atomic E-state index is 14.4. The monoisotopic (exact) mass is 362 g/mol. The number of aryl methyl sites for hydroxylation is 1. The molecule has 9 heteroatoms. The molecular weight excluding hydrogens is 351 g/mol. The molecule has 0 unspecified atom stereocenters. The van der Waals surface area contributed by atoms with Crippen molar-refractivity contribution in [1.29, 1.82) is 0 Å². The zero-order valence-electron chi connectivity index (χ0n) is 13.2. The molecule has 0 atom stereocenters. The fourth-order valence-electron chi connectivity index (χ4n) is 2.18. The molecule has 0 spiro atoms. The number of aromatic nitrogens is 4. The van der Waals surface area contributed by atoms with Crippen LogP contribution in [0.2, 0.25) is 5.02 Å². The Kier molecular flexibility index (Phi) is 4.37. The van der Waals surface area contributed by atoms with Crippen LogP contribution in [-0.4, -0.2) is 19.1 Å². The van der Waals surface area contributed by atoms with Crippen molar-refractivity contribution in [2.75, 3.05) is 0 Å². The Balaban J connectivity index is 2.19. The molecule has 0 saturated carbocycles. The van der Waals surface area contributed by atoms with E-state index in [1.807, 2.05) is 0 Å². The van der Waals surface area contributed by atoms with E-state index >= 15 is 0 Å². The molecule has 0 saturated heterocycles. The highest BCUT2D eigenvalue weighted by molar-refractivity contribution is 6.32. The summed E-state index contributed by atoms with van der Waals surface area (Å²) in [6, 6.07) is 4.87. The van der Waals surface area contributed by atoms with E-state index in [1.54, 1.807) is 6.92 Å². The molecule has 0 radical (unpaired) electrons. The third-order valence-electron chi connectivity index (χ3n) is 3.57. The second-order valence-electron chi connectivity index (χ2n) is 5.18. The Hall–Kier alpha value is -3.00. The lowest BCUT2D eigenvalue weighted by Crippen LogP contribution is -2.38. The number of ether oxygens (including phenoxy) is 1. The van der Waals surface area contributed by atoms with Crippen LogP contribution in [0, 0.1) is 12.7 Å². The minimum Gasteiger partial charge on any atom is -0.437 e. The van der Waals surface area contributed by atoms with Crippen molar-refractivity contribution in [1.82, 2.24) is 19.1 Å².